The molecule has 2 atom stereocenters. The van der Waals surface area contributed by atoms with Crippen molar-refractivity contribution in [1.82, 2.24) is 4.90 Å². The van der Waals surface area contributed by atoms with Gasteiger partial charge in [0.25, 0.3) is 0 Å². The fourth-order valence-corrected chi connectivity index (χ4v) is 4.68. The van der Waals surface area contributed by atoms with Gasteiger partial charge in [0.1, 0.15) is 11.1 Å². The van der Waals surface area contributed by atoms with Gasteiger partial charge in [-0.3, -0.25) is 9.69 Å². The van der Waals surface area contributed by atoms with Crippen LogP contribution in [0.3, 0.4) is 0 Å². The molecule has 0 spiro atoms. The van der Waals surface area contributed by atoms with Gasteiger partial charge in [-0.25, -0.2) is 4.79 Å². The maximum absolute atomic E-state index is 13.1. The predicted octanol–water partition coefficient (Wildman–Crippen LogP) is 4.91. The average molecular weight is 378 g/mol. The van der Waals surface area contributed by atoms with Gasteiger partial charge in [0.15, 0.2) is 0 Å². The number of hydrogen-bond acceptors (Lipinski definition) is 4. The second-order valence-electron chi connectivity index (χ2n) is 8.68. The van der Waals surface area contributed by atoms with E-state index >= 15 is 0 Å². The van der Waals surface area contributed by atoms with Crippen LogP contribution in [0.15, 0.2) is 30.3 Å². The Labute approximate surface area is 161 Å². The van der Waals surface area contributed by atoms with Crippen LogP contribution in [0.4, 0.5) is 4.79 Å². The quantitative estimate of drug-likeness (QED) is 0.748. The zero-order chi connectivity index (χ0) is 19.5. The van der Waals surface area contributed by atoms with E-state index in [2.05, 4.69) is 13.8 Å². The van der Waals surface area contributed by atoms with Gasteiger partial charge < -0.3 is 4.74 Å². The molecule has 0 radical (unpaired) electrons. The van der Waals surface area contributed by atoms with Crippen LogP contribution in [-0.2, 0) is 16.0 Å². The lowest BCUT2D eigenvalue weighted by atomic mass is 9.91. The first-order chi connectivity index (χ1) is 12.0. The van der Waals surface area contributed by atoms with Crippen molar-refractivity contribution < 1.29 is 14.3 Å². The van der Waals surface area contributed by atoms with Crippen molar-refractivity contribution in [3.63, 3.8) is 0 Å². The molecule has 26 heavy (non-hydrogen) atoms. The van der Waals surface area contributed by atoms with Crippen molar-refractivity contribution in [3.8, 4) is 0 Å². The molecule has 0 aromatic heterocycles. The minimum Gasteiger partial charge on any atom is -0.444 e. The lowest BCUT2D eigenvalue weighted by molar-refractivity contribution is -0.122. The van der Waals surface area contributed by atoms with E-state index in [-0.39, 0.29) is 10.4 Å². The molecule has 1 amide bonds. The molecule has 5 heteroatoms. The summed E-state index contributed by atoms with van der Waals surface area (Å²) >= 11 is 1.39. The molecule has 0 saturated carbocycles. The summed E-state index contributed by atoms with van der Waals surface area (Å²) in [4.78, 5) is 27.7. The molecule has 4 nitrogen and oxygen atoms in total. The highest BCUT2D eigenvalue weighted by atomic mass is 32.2. The first-order valence-electron chi connectivity index (χ1n) is 9.27. The van der Waals surface area contributed by atoms with Crippen LogP contribution in [-0.4, -0.2) is 39.0 Å². The van der Waals surface area contributed by atoms with Gasteiger partial charge in [0.2, 0.25) is 5.12 Å². The van der Waals surface area contributed by atoms with E-state index in [1.54, 1.807) is 4.90 Å². The smallest absolute Gasteiger partial charge is 0.411 e. The Kier molecular flexibility index (Phi) is 6.43. The number of rotatable bonds is 4. The third kappa shape index (κ3) is 5.26. The standard InChI is InChI=1S/C21H31NO3S/c1-15(2)12-17-14-22(19(24)25-20(3,4)5)21(6,18(23)26-17)13-16-10-8-7-9-11-16/h7-11,15,17H,12-14H2,1-6H3/t17-,21-/m0/s1. The van der Waals surface area contributed by atoms with Gasteiger partial charge in [0, 0.05) is 18.2 Å². The van der Waals surface area contributed by atoms with Crippen molar-refractivity contribution in [1.29, 1.82) is 0 Å². The summed E-state index contributed by atoms with van der Waals surface area (Å²) in [6.07, 6.45) is 0.989. The lowest BCUT2D eigenvalue weighted by Gasteiger charge is -2.46. The number of thioether (sulfide) groups is 1. The highest BCUT2D eigenvalue weighted by Gasteiger charge is 2.49. The van der Waals surface area contributed by atoms with Crippen LogP contribution in [0, 0.1) is 5.92 Å². The largest absolute Gasteiger partial charge is 0.444 e. The fraction of sp³-hybridized carbons (Fsp3) is 0.619. The maximum Gasteiger partial charge on any atom is 0.411 e. The number of benzene rings is 1. The number of carbonyl (C=O) groups is 2. The molecule has 1 aromatic carbocycles. The molecular formula is C21H31NO3S. The van der Waals surface area contributed by atoms with Gasteiger partial charge in [-0.2, -0.15) is 0 Å². The molecule has 144 valence electrons. The summed E-state index contributed by atoms with van der Waals surface area (Å²) < 4.78 is 5.64. The van der Waals surface area contributed by atoms with E-state index in [0.717, 1.165) is 12.0 Å². The molecule has 1 fully saturated rings. The van der Waals surface area contributed by atoms with Crippen LogP contribution >= 0.6 is 11.8 Å². The minimum absolute atomic E-state index is 0.0455. The van der Waals surface area contributed by atoms with E-state index in [4.69, 9.17) is 4.74 Å². The van der Waals surface area contributed by atoms with E-state index in [1.165, 1.54) is 11.8 Å². The molecular weight excluding hydrogens is 346 g/mol. The van der Waals surface area contributed by atoms with Crippen LogP contribution in [0.5, 0.6) is 0 Å². The number of ether oxygens (including phenoxy) is 1. The van der Waals surface area contributed by atoms with Crippen molar-refractivity contribution >= 4 is 23.0 Å². The van der Waals surface area contributed by atoms with Crippen molar-refractivity contribution in [2.45, 2.75) is 70.8 Å². The van der Waals surface area contributed by atoms with E-state index < -0.39 is 17.2 Å². The second kappa shape index (κ2) is 8.03. The molecule has 0 unspecified atom stereocenters. The Hall–Kier alpha value is -1.49. The van der Waals surface area contributed by atoms with Crippen LogP contribution in [0.25, 0.3) is 0 Å². The average Bonchev–Trinajstić information content (AvgIpc) is 2.49. The number of amides is 1. The summed E-state index contributed by atoms with van der Waals surface area (Å²) in [5.41, 5.74) is -0.451. The van der Waals surface area contributed by atoms with Gasteiger partial charge in [0.05, 0.1) is 0 Å². The molecule has 0 N–H and O–H groups in total. The van der Waals surface area contributed by atoms with E-state index in [0.29, 0.717) is 18.9 Å². The lowest BCUT2D eigenvalue weighted by Crippen LogP contribution is -2.61. The number of carbonyl (C=O) groups excluding carboxylic acids is 2. The summed E-state index contributed by atoms with van der Waals surface area (Å²) in [6.45, 7) is 12.2. The van der Waals surface area contributed by atoms with Gasteiger partial charge in [-0.05, 0) is 45.6 Å². The molecule has 1 aliphatic heterocycles. The zero-order valence-corrected chi connectivity index (χ0v) is 17.6. The van der Waals surface area contributed by atoms with Crippen molar-refractivity contribution in [2.75, 3.05) is 6.54 Å². The summed E-state index contributed by atoms with van der Waals surface area (Å²) in [6, 6.07) is 9.86. The molecule has 0 aliphatic carbocycles. The summed E-state index contributed by atoms with van der Waals surface area (Å²) in [5, 5.41) is 0.156. The molecule has 1 aromatic rings. The fourth-order valence-electron chi connectivity index (χ4n) is 3.23. The monoisotopic (exact) mass is 377 g/mol. The normalized spacial score (nSPS) is 24.0. The molecule has 0 bridgehead atoms. The molecule has 1 saturated heterocycles. The first-order valence-corrected chi connectivity index (χ1v) is 10.1. The molecule has 2 rings (SSSR count). The van der Waals surface area contributed by atoms with Crippen LogP contribution < -0.4 is 0 Å². The third-order valence-electron chi connectivity index (χ3n) is 4.43. The Morgan fingerprint density at radius 1 is 1.31 bits per heavy atom. The Bertz CT molecular complexity index is 638. The van der Waals surface area contributed by atoms with Gasteiger partial charge in [-0.15, -0.1) is 0 Å². The topological polar surface area (TPSA) is 46.6 Å². The van der Waals surface area contributed by atoms with E-state index in [9.17, 15) is 9.59 Å². The number of hydrogen-bond donors (Lipinski definition) is 0. The maximum atomic E-state index is 13.1. The summed E-state index contributed by atoms with van der Waals surface area (Å²) in [7, 11) is 0. The first kappa shape index (κ1) is 20.8. The second-order valence-corrected chi connectivity index (χ2v) is 9.96. The SMILES string of the molecule is CC(C)C[C@H]1CN(C(=O)OC(C)(C)C)[C@@](C)(Cc2ccccc2)C(=O)S1. The molecule has 1 aliphatic rings. The van der Waals surface area contributed by atoms with Gasteiger partial charge >= 0.3 is 6.09 Å². The minimum atomic E-state index is -0.901. The Morgan fingerprint density at radius 2 is 1.92 bits per heavy atom. The van der Waals surface area contributed by atoms with Crippen molar-refractivity contribution in [3.05, 3.63) is 35.9 Å². The highest BCUT2D eigenvalue weighted by molar-refractivity contribution is 8.14. The summed E-state index contributed by atoms with van der Waals surface area (Å²) in [5.74, 6) is 0.472. The third-order valence-corrected chi connectivity index (χ3v) is 5.76. The van der Waals surface area contributed by atoms with Crippen LogP contribution in [0.1, 0.15) is 53.5 Å². The van der Waals surface area contributed by atoms with E-state index in [1.807, 2.05) is 58.0 Å². The predicted molar refractivity (Wildman–Crippen MR) is 107 cm³/mol. The molecule has 1 heterocycles. The Morgan fingerprint density at radius 3 is 2.46 bits per heavy atom. The van der Waals surface area contributed by atoms with Gasteiger partial charge in [-0.1, -0.05) is 55.9 Å². The van der Waals surface area contributed by atoms with Crippen LogP contribution in [0.2, 0.25) is 0 Å². The number of nitrogens with zero attached hydrogens (tertiary/aromatic N) is 1. The zero-order valence-electron chi connectivity index (χ0n) is 16.7. The highest BCUT2D eigenvalue weighted by Crippen LogP contribution is 2.38. The Balaban J connectivity index is 2.32. The van der Waals surface area contributed by atoms with Crippen molar-refractivity contribution in [2.24, 2.45) is 5.92 Å².